The summed E-state index contributed by atoms with van der Waals surface area (Å²) in [5.74, 6) is 0.417. The lowest BCUT2D eigenvalue weighted by atomic mass is 10.0. The van der Waals surface area contributed by atoms with Gasteiger partial charge in [0, 0.05) is 24.8 Å². The number of anilines is 1. The average Bonchev–Trinajstić information content (AvgIpc) is 2.69. The van der Waals surface area contributed by atoms with Crippen molar-refractivity contribution in [2.24, 2.45) is 0 Å². The summed E-state index contributed by atoms with van der Waals surface area (Å²) in [4.78, 5) is 18.3. The molecule has 3 rings (SSSR count). The van der Waals surface area contributed by atoms with Gasteiger partial charge in [0.15, 0.2) is 0 Å². The zero-order chi connectivity index (χ0) is 13.9. The maximum Gasteiger partial charge on any atom is 0.254 e. The predicted molar refractivity (Wildman–Crippen MR) is 78.4 cm³/mol. The molecule has 2 heterocycles. The molecule has 0 unspecified atom stereocenters. The first kappa shape index (κ1) is 12.7. The Morgan fingerprint density at radius 2 is 1.75 bits per heavy atom. The fourth-order valence-electron chi connectivity index (χ4n) is 2.63. The molecule has 4 nitrogen and oxygen atoms in total. The lowest BCUT2D eigenvalue weighted by Crippen LogP contribution is -2.33. The van der Waals surface area contributed by atoms with Gasteiger partial charge < -0.3 is 10.6 Å². The van der Waals surface area contributed by atoms with E-state index in [1.54, 1.807) is 18.3 Å². The van der Waals surface area contributed by atoms with Crippen LogP contribution in [0.5, 0.6) is 0 Å². The molecule has 0 fully saturated rings. The van der Waals surface area contributed by atoms with Crippen molar-refractivity contribution >= 4 is 11.7 Å². The summed E-state index contributed by atoms with van der Waals surface area (Å²) in [6.45, 7) is 1.50. The molecule has 102 valence electrons. The summed E-state index contributed by atoms with van der Waals surface area (Å²) >= 11 is 0. The zero-order valence-electron chi connectivity index (χ0n) is 11.2. The number of fused-ring (bicyclic) bond motifs is 1. The molecule has 1 aromatic carbocycles. The Labute approximate surface area is 118 Å². The number of carbonyl (C=O) groups is 1. The zero-order valence-corrected chi connectivity index (χ0v) is 11.2. The van der Waals surface area contributed by atoms with Gasteiger partial charge in [0.25, 0.3) is 5.91 Å². The van der Waals surface area contributed by atoms with E-state index in [1.165, 1.54) is 11.1 Å². The highest BCUT2D eigenvalue weighted by Gasteiger charge is 2.19. The Hall–Kier alpha value is -2.36. The minimum absolute atomic E-state index is 0.0342. The van der Waals surface area contributed by atoms with Gasteiger partial charge in [0.1, 0.15) is 5.82 Å². The topological polar surface area (TPSA) is 59.2 Å². The van der Waals surface area contributed by atoms with Crippen LogP contribution in [0.4, 0.5) is 5.82 Å². The van der Waals surface area contributed by atoms with Crippen LogP contribution in [0.15, 0.2) is 42.6 Å². The monoisotopic (exact) mass is 267 g/mol. The molecule has 1 aliphatic heterocycles. The van der Waals surface area contributed by atoms with Crippen molar-refractivity contribution in [2.45, 2.75) is 12.8 Å². The summed E-state index contributed by atoms with van der Waals surface area (Å²) < 4.78 is 0. The van der Waals surface area contributed by atoms with Crippen LogP contribution in [0.25, 0.3) is 0 Å². The lowest BCUT2D eigenvalue weighted by molar-refractivity contribution is 0.0763. The number of rotatable bonds is 1. The average molecular weight is 267 g/mol. The minimum Gasteiger partial charge on any atom is -0.384 e. The van der Waals surface area contributed by atoms with Crippen LogP contribution in [0.2, 0.25) is 0 Å². The van der Waals surface area contributed by atoms with Crippen molar-refractivity contribution in [3.8, 4) is 0 Å². The maximum absolute atomic E-state index is 12.5. The molecule has 1 aliphatic rings. The summed E-state index contributed by atoms with van der Waals surface area (Å²) in [5.41, 5.74) is 8.95. The van der Waals surface area contributed by atoms with Gasteiger partial charge in [0.05, 0.1) is 0 Å². The lowest BCUT2D eigenvalue weighted by Gasteiger charge is -2.20. The fourth-order valence-corrected chi connectivity index (χ4v) is 2.63. The molecule has 0 atom stereocenters. The number of pyridine rings is 1. The van der Waals surface area contributed by atoms with E-state index in [0.29, 0.717) is 11.4 Å². The molecule has 0 aliphatic carbocycles. The number of nitrogen functional groups attached to an aromatic ring is 1. The standard InChI is InChI=1S/C16H17N3O/c17-15-11-14(5-8-18-15)16(20)19-9-6-12-3-1-2-4-13(12)7-10-19/h1-5,8,11H,6-7,9-10H2,(H2,17,18). The second-order valence-corrected chi connectivity index (χ2v) is 5.03. The van der Waals surface area contributed by atoms with Crippen LogP contribution in [0.1, 0.15) is 21.5 Å². The number of aromatic nitrogens is 1. The molecule has 0 spiro atoms. The van der Waals surface area contributed by atoms with Crippen molar-refractivity contribution < 1.29 is 4.79 Å². The minimum atomic E-state index is 0.0342. The van der Waals surface area contributed by atoms with Gasteiger partial charge >= 0.3 is 0 Å². The van der Waals surface area contributed by atoms with Gasteiger partial charge in [-0.05, 0) is 36.1 Å². The number of hydrogen-bond acceptors (Lipinski definition) is 3. The molecule has 1 aromatic heterocycles. The summed E-state index contributed by atoms with van der Waals surface area (Å²) in [7, 11) is 0. The highest BCUT2D eigenvalue weighted by molar-refractivity contribution is 5.94. The van der Waals surface area contributed by atoms with E-state index in [-0.39, 0.29) is 5.91 Å². The first-order valence-electron chi connectivity index (χ1n) is 6.81. The van der Waals surface area contributed by atoms with Crippen molar-refractivity contribution in [2.75, 3.05) is 18.8 Å². The summed E-state index contributed by atoms with van der Waals surface area (Å²) in [5, 5.41) is 0. The van der Waals surface area contributed by atoms with Crippen LogP contribution < -0.4 is 5.73 Å². The molecule has 20 heavy (non-hydrogen) atoms. The summed E-state index contributed by atoms with van der Waals surface area (Å²) in [6.07, 6.45) is 3.39. The van der Waals surface area contributed by atoms with Gasteiger partial charge in [-0.1, -0.05) is 24.3 Å². The molecule has 0 saturated carbocycles. The van der Waals surface area contributed by atoms with E-state index in [2.05, 4.69) is 29.2 Å². The fraction of sp³-hybridized carbons (Fsp3) is 0.250. The molecule has 0 bridgehead atoms. The molecule has 2 N–H and O–H groups in total. The van der Waals surface area contributed by atoms with Gasteiger partial charge in [-0.2, -0.15) is 0 Å². The Morgan fingerprint density at radius 1 is 1.10 bits per heavy atom. The van der Waals surface area contributed by atoms with Crippen LogP contribution in [0.3, 0.4) is 0 Å². The van der Waals surface area contributed by atoms with E-state index in [1.807, 2.05) is 4.90 Å². The number of hydrogen-bond donors (Lipinski definition) is 1. The van der Waals surface area contributed by atoms with E-state index in [9.17, 15) is 4.79 Å². The van der Waals surface area contributed by atoms with Crippen molar-refractivity contribution in [3.63, 3.8) is 0 Å². The number of nitrogens with two attached hydrogens (primary N) is 1. The molecule has 0 radical (unpaired) electrons. The third-order valence-corrected chi connectivity index (χ3v) is 3.74. The Morgan fingerprint density at radius 3 is 2.35 bits per heavy atom. The number of carbonyl (C=O) groups excluding carboxylic acids is 1. The SMILES string of the molecule is Nc1cc(C(=O)N2CCc3ccccc3CC2)ccn1. The van der Waals surface area contributed by atoms with Gasteiger partial charge in [0.2, 0.25) is 0 Å². The quantitative estimate of drug-likeness (QED) is 0.858. The van der Waals surface area contributed by atoms with Crippen LogP contribution in [0, 0.1) is 0 Å². The molecular formula is C16H17N3O. The molecule has 1 amide bonds. The highest BCUT2D eigenvalue weighted by Crippen LogP contribution is 2.17. The van der Waals surface area contributed by atoms with Gasteiger partial charge in [-0.15, -0.1) is 0 Å². The Bertz CT molecular complexity index is 612. The second kappa shape index (κ2) is 5.33. The van der Waals surface area contributed by atoms with E-state index < -0.39 is 0 Å². The van der Waals surface area contributed by atoms with Gasteiger partial charge in [-0.3, -0.25) is 4.79 Å². The third kappa shape index (κ3) is 2.50. The largest absolute Gasteiger partial charge is 0.384 e. The van der Waals surface area contributed by atoms with Crippen LogP contribution in [-0.2, 0) is 12.8 Å². The van der Waals surface area contributed by atoms with Crippen molar-refractivity contribution in [1.29, 1.82) is 0 Å². The number of amides is 1. The molecular weight excluding hydrogens is 250 g/mol. The first-order valence-corrected chi connectivity index (χ1v) is 6.81. The number of benzene rings is 1. The second-order valence-electron chi connectivity index (χ2n) is 5.03. The van der Waals surface area contributed by atoms with Crippen LogP contribution in [-0.4, -0.2) is 28.9 Å². The molecule has 4 heteroatoms. The molecule has 0 saturated heterocycles. The van der Waals surface area contributed by atoms with Gasteiger partial charge in [-0.25, -0.2) is 4.98 Å². The molecule has 2 aromatic rings. The van der Waals surface area contributed by atoms with E-state index in [0.717, 1.165) is 25.9 Å². The van der Waals surface area contributed by atoms with Crippen LogP contribution >= 0.6 is 0 Å². The summed E-state index contributed by atoms with van der Waals surface area (Å²) in [6, 6.07) is 11.8. The third-order valence-electron chi connectivity index (χ3n) is 3.74. The maximum atomic E-state index is 12.5. The first-order chi connectivity index (χ1) is 9.74. The highest BCUT2D eigenvalue weighted by atomic mass is 16.2. The predicted octanol–water partition coefficient (Wildman–Crippen LogP) is 1.90. The van der Waals surface area contributed by atoms with Crippen molar-refractivity contribution in [3.05, 3.63) is 59.3 Å². The van der Waals surface area contributed by atoms with Crippen molar-refractivity contribution in [1.82, 2.24) is 9.88 Å². The Kier molecular flexibility index (Phi) is 3.37. The smallest absolute Gasteiger partial charge is 0.254 e. The normalized spacial score (nSPS) is 14.5. The number of nitrogens with zero attached hydrogens (tertiary/aromatic N) is 2. The van der Waals surface area contributed by atoms with E-state index in [4.69, 9.17) is 5.73 Å². The van der Waals surface area contributed by atoms with E-state index >= 15 is 0 Å². The Balaban J connectivity index is 1.78.